The third kappa shape index (κ3) is 3.10. The highest BCUT2D eigenvalue weighted by Gasteiger charge is 2.13. The molecule has 3 rings (SSSR count). The fraction of sp³-hybridized carbons (Fsp3) is 0.176. The number of hydrogen-bond donors (Lipinski definition) is 2. The average molecular weight is 323 g/mol. The van der Waals surface area contributed by atoms with Crippen LogP contribution < -0.4 is 11.1 Å². The number of rotatable bonds is 3. The fourth-order valence-electron chi connectivity index (χ4n) is 2.38. The van der Waals surface area contributed by atoms with Crippen molar-refractivity contribution in [3.05, 3.63) is 42.1 Å². The van der Waals surface area contributed by atoms with Gasteiger partial charge in [-0.3, -0.25) is 5.32 Å². The molecular formula is C17H17N5O2. The van der Waals surface area contributed by atoms with E-state index in [0.717, 1.165) is 17.0 Å². The number of aryl methyl sites for hydroxylation is 1. The Balaban J connectivity index is 2.05. The third-order valence-electron chi connectivity index (χ3n) is 3.41. The molecule has 2 aromatic heterocycles. The van der Waals surface area contributed by atoms with E-state index in [9.17, 15) is 4.79 Å². The summed E-state index contributed by atoms with van der Waals surface area (Å²) in [5, 5.41) is 2.52. The molecule has 3 N–H and O–H groups in total. The van der Waals surface area contributed by atoms with Crippen molar-refractivity contribution in [2.45, 2.75) is 13.8 Å². The summed E-state index contributed by atoms with van der Waals surface area (Å²) in [4.78, 5) is 24.8. The smallest absolute Gasteiger partial charge is 0.412 e. The van der Waals surface area contributed by atoms with E-state index in [0.29, 0.717) is 11.0 Å². The number of nitrogens with one attached hydrogen (secondary N) is 1. The number of aromatic nitrogens is 3. The Hall–Kier alpha value is -3.22. The lowest BCUT2D eigenvalue weighted by Crippen LogP contribution is -2.15. The molecular weight excluding hydrogens is 306 g/mol. The van der Waals surface area contributed by atoms with Crippen LogP contribution in [0.2, 0.25) is 0 Å². The lowest BCUT2D eigenvalue weighted by atomic mass is 10.1. The minimum atomic E-state index is -0.589. The number of carbonyl (C=O) groups is 1. The van der Waals surface area contributed by atoms with Crippen LogP contribution >= 0.6 is 0 Å². The minimum absolute atomic E-state index is 0.198. The van der Waals surface area contributed by atoms with Gasteiger partial charge in [0.15, 0.2) is 5.82 Å². The largest absolute Gasteiger partial charge is 0.450 e. The zero-order valence-corrected chi connectivity index (χ0v) is 13.4. The molecule has 0 radical (unpaired) electrons. The van der Waals surface area contributed by atoms with Crippen LogP contribution in [0.4, 0.5) is 16.4 Å². The standard InChI is InChI=1S/C17H17N5O2/c1-3-24-17(23)21-13-9-12-15(16(18)20-13)22-14(10(2)19-12)11-7-5-4-6-8-11/h4-9H,3H2,1-2H3,(H3,18,20,21,23). The maximum absolute atomic E-state index is 11.5. The molecule has 0 unspecified atom stereocenters. The summed E-state index contributed by atoms with van der Waals surface area (Å²) in [6, 6.07) is 11.4. The second-order valence-corrected chi connectivity index (χ2v) is 5.13. The van der Waals surface area contributed by atoms with Gasteiger partial charge in [0, 0.05) is 11.6 Å². The number of ether oxygens (including phenoxy) is 1. The summed E-state index contributed by atoms with van der Waals surface area (Å²) >= 11 is 0. The SMILES string of the molecule is CCOC(=O)Nc1cc2nc(C)c(-c3ccccc3)nc2c(N)n1. The molecule has 0 saturated carbocycles. The molecule has 0 saturated heterocycles. The Morgan fingerprint density at radius 2 is 1.96 bits per heavy atom. The second kappa shape index (κ2) is 6.49. The first-order chi connectivity index (χ1) is 11.6. The number of pyridine rings is 1. The van der Waals surface area contributed by atoms with Crippen LogP contribution in [0.3, 0.4) is 0 Å². The van der Waals surface area contributed by atoms with Gasteiger partial charge in [0.1, 0.15) is 11.3 Å². The minimum Gasteiger partial charge on any atom is -0.450 e. The molecule has 1 amide bonds. The number of nitrogen functional groups attached to an aromatic ring is 1. The van der Waals surface area contributed by atoms with Crippen molar-refractivity contribution < 1.29 is 9.53 Å². The van der Waals surface area contributed by atoms with Gasteiger partial charge in [0.05, 0.1) is 23.5 Å². The third-order valence-corrected chi connectivity index (χ3v) is 3.41. The van der Waals surface area contributed by atoms with Gasteiger partial charge in [0.2, 0.25) is 0 Å². The highest BCUT2D eigenvalue weighted by atomic mass is 16.5. The average Bonchev–Trinajstić information content (AvgIpc) is 2.55. The first-order valence-electron chi connectivity index (χ1n) is 7.52. The number of hydrogen-bond acceptors (Lipinski definition) is 6. The van der Waals surface area contributed by atoms with Gasteiger partial charge < -0.3 is 10.5 Å². The summed E-state index contributed by atoms with van der Waals surface area (Å²) in [5.41, 5.74) is 9.53. The molecule has 122 valence electrons. The number of nitrogens with zero attached hydrogens (tertiary/aromatic N) is 3. The van der Waals surface area contributed by atoms with Crippen LogP contribution in [0.1, 0.15) is 12.6 Å². The van der Waals surface area contributed by atoms with Gasteiger partial charge in [-0.15, -0.1) is 0 Å². The molecule has 2 heterocycles. The Labute approximate surface area is 138 Å². The van der Waals surface area contributed by atoms with Gasteiger partial charge in [-0.1, -0.05) is 30.3 Å². The lowest BCUT2D eigenvalue weighted by Gasteiger charge is -2.10. The Bertz CT molecular complexity index is 896. The molecule has 24 heavy (non-hydrogen) atoms. The van der Waals surface area contributed by atoms with Gasteiger partial charge in [-0.2, -0.15) is 0 Å². The van der Waals surface area contributed by atoms with E-state index in [1.165, 1.54) is 0 Å². The van der Waals surface area contributed by atoms with Crippen molar-refractivity contribution in [2.75, 3.05) is 17.7 Å². The fourth-order valence-corrected chi connectivity index (χ4v) is 2.38. The van der Waals surface area contributed by atoms with Crippen molar-refractivity contribution in [1.29, 1.82) is 0 Å². The molecule has 1 aromatic carbocycles. The summed E-state index contributed by atoms with van der Waals surface area (Å²) in [7, 11) is 0. The maximum atomic E-state index is 11.5. The van der Waals surface area contributed by atoms with Gasteiger partial charge in [-0.05, 0) is 13.8 Å². The van der Waals surface area contributed by atoms with Crippen molar-refractivity contribution in [1.82, 2.24) is 15.0 Å². The van der Waals surface area contributed by atoms with Crippen molar-refractivity contribution in [3.8, 4) is 11.3 Å². The van der Waals surface area contributed by atoms with Crippen LogP contribution in [0, 0.1) is 6.92 Å². The Morgan fingerprint density at radius 1 is 1.21 bits per heavy atom. The van der Waals surface area contributed by atoms with Gasteiger partial charge >= 0.3 is 6.09 Å². The molecule has 0 spiro atoms. The highest BCUT2D eigenvalue weighted by Crippen LogP contribution is 2.26. The molecule has 7 nitrogen and oxygen atoms in total. The lowest BCUT2D eigenvalue weighted by molar-refractivity contribution is 0.168. The van der Waals surface area contributed by atoms with E-state index in [2.05, 4.69) is 20.3 Å². The molecule has 0 fully saturated rings. The molecule has 7 heteroatoms. The van der Waals surface area contributed by atoms with E-state index in [-0.39, 0.29) is 18.2 Å². The van der Waals surface area contributed by atoms with Crippen molar-refractivity contribution in [3.63, 3.8) is 0 Å². The number of benzene rings is 1. The topological polar surface area (TPSA) is 103 Å². The van der Waals surface area contributed by atoms with Crippen LogP contribution in [-0.2, 0) is 4.74 Å². The van der Waals surface area contributed by atoms with Crippen LogP contribution in [-0.4, -0.2) is 27.7 Å². The van der Waals surface area contributed by atoms with Crippen molar-refractivity contribution >= 4 is 28.8 Å². The first kappa shape index (κ1) is 15.7. The summed E-state index contributed by atoms with van der Waals surface area (Å²) in [6.45, 7) is 3.87. The molecule has 0 bridgehead atoms. The van der Waals surface area contributed by atoms with Crippen LogP contribution in [0.5, 0.6) is 0 Å². The Kier molecular flexibility index (Phi) is 4.24. The number of carbonyl (C=O) groups excluding carboxylic acids is 1. The van der Waals surface area contributed by atoms with E-state index in [4.69, 9.17) is 10.5 Å². The zero-order chi connectivity index (χ0) is 17.1. The summed E-state index contributed by atoms with van der Waals surface area (Å²) in [5.74, 6) is 0.476. The van der Waals surface area contributed by atoms with Gasteiger partial charge in [-0.25, -0.2) is 19.7 Å². The van der Waals surface area contributed by atoms with E-state index < -0.39 is 6.09 Å². The normalized spacial score (nSPS) is 10.6. The summed E-state index contributed by atoms with van der Waals surface area (Å²) in [6.07, 6.45) is -0.589. The predicted octanol–water partition coefficient (Wildman–Crippen LogP) is 3.15. The first-order valence-corrected chi connectivity index (χ1v) is 7.52. The number of nitrogens with two attached hydrogens (primary N) is 1. The molecule has 0 aliphatic carbocycles. The molecule has 3 aromatic rings. The maximum Gasteiger partial charge on any atom is 0.412 e. The number of fused-ring (bicyclic) bond motifs is 1. The van der Waals surface area contributed by atoms with Crippen molar-refractivity contribution in [2.24, 2.45) is 0 Å². The Morgan fingerprint density at radius 3 is 2.67 bits per heavy atom. The van der Waals surface area contributed by atoms with E-state index in [1.54, 1.807) is 13.0 Å². The monoisotopic (exact) mass is 323 g/mol. The zero-order valence-electron chi connectivity index (χ0n) is 13.4. The van der Waals surface area contributed by atoms with E-state index in [1.807, 2.05) is 37.3 Å². The van der Waals surface area contributed by atoms with E-state index >= 15 is 0 Å². The van der Waals surface area contributed by atoms with Crippen LogP contribution in [0.25, 0.3) is 22.3 Å². The summed E-state index contributed by atoms with van der Waals surface area (Å²) < 4.78 is 4.83. The van der Waals surface area contributed by atoms with Gasteiger partial charge in [0.25, 0.3) is 0 Å². The molecule has 0 aliphatic rings. The number of anilines is 2. The number of amides is 1. The second-order valence-electron chi connectivity index (χ2n) is 5.13. The quantitative estimate of drug-likeness (QED) is 0.767. The van der Waals surface area contributed by atoms with Crippen LogP contribution in [0.15, 0.2) is 36.4 Å². The highest BCUT2D eigenvalue weighted by molar-refractivity contribution is 5.92. The molecule has 0 aliphatic heterocycles. The molecule has 0 atom stereocenters. The predicted molar refractivity (Wildman–Crippen MR) is 92.6 cm³/mol.